The van der Waals surface area contributed by atoms with Crippen LogP contribution in [-0.4, -0.2) is 6.17 Å². The van der Waals surface area contributed by atoms with Gasteiger partial charge in [0, 0.05) is 0 Å². The predicted octanol–water partition coefficient (Wildman–Crippen LogP) is 8.43. The molecular weight excluding hydrogens is 343 g/mol. The smallest absolute Gasteiger partial charge is 0.100 e. The van der Waals surface area contributed by atoms with Crippen LogP contribution in [0.2, 0.25) is 0 Å². The lowest BCUT2D eigenvalue weighted by Gasteiger charge is -2.53. The van der Waals surface area contributed by atoms with E-state index in [-0.39, 0.29) is 0 Å². The van der Waals surface area contributed by atoms with Crippen molar-refractivity contribution in [2.75, 3.05) is 0 Å². The van der Waals surface area contributed by atoms with E-state index in [0.29, 0.717) is 16.7 Å². The fourth-order valence-corrected chi connectivity index (χ4v) is 7.75. The summed E-state index contributed by atoms with van der Waals surface area (Å²) in [6, 6.07) is 0. The molecule has 0 saturated heterocycles. The van der Waals surface area contributed by atoms with Gasteiger partial charge < -0.3 is 0 Å². The van der Waals surface area contributed by atoms with Crippen LogP contribution < -0.4 is 0 Å². The topological polar surface area (TPSA) is 0 Å². The summed E-state index contributed by atoms with van der Waals surface area (Å²) in [5, 5.41) is 0. The van der Waals surface area contributed by atoms with E-state index in [1.54, 1.807) is 16.7 Å². The summed E-state index contributed by atoms with van der Waals surface area (Å²) >= 11 is 0. The molecule has 2 unspecified atom stereocenters. The van der Waals surface area contributed by atoms with Gasteiger partial charge in [0.05, 0.1) is 0 Å². The van der Waals surface area contributed by atoms with Gasteiger partial charge >= 0.3 is 0 Å². The van der Waals surface area contributed by atoms with Gasteiger partial charge in [-0.05, 0) is 97.0 Å². The van der Waals surface area contributed by atoms with Gasteiger partial charge in [0.1, 0.15) is 6.17 Å². The molecule has 1 saturated carbocycles. The van der Waals surface area contributed by atoms with Gasteiger partial charge in [0.15, 0.2) is 0 Å². The minimum absolute atomic E-state index is 0.291. The molecule has 0 aromatic rings. The van der Waals surface area contributed by atoms with Gasteiger partial charge in [0.25, 0.3) is 0 Å². The highest BCUT2D eigenvalue weighted by molar-refractivity contribution is 5.49. The molecule has 1 fully saturated rings. The molecule has 1 heteroatoms. The number of rotatable bonds is 5. The highest BCUT2D eigenvalue weighted by Crippen LogP contribution is 2.64. The van der Waals surface area contributed by atoms with E-state index in [1.165, 1.54) is 51.4 Å². The number of alkyl halides is 1. The molecule has 0 aliphatic heterocycles. The average Bonchev–Trinajstić information content (AvgIpc) is 2.99. The Balaban J connectivity index is 1.54. The van der Waals surface area contributed by atoms with Gasteiger partial charge in [-0.1, -0.05) is 65.5 Å². The van der Waals surface area contributed by atoms with Crippen LogP contribution >= 0.6 is 0 Å². The van der Waals surface area contributed by atoms with Crippen LogP contribution in [0.25, 0.3) is 0 Å². The van der Waals surface area contributed by atoms with E-state index in [9.17, 15) is 4.39 Å². The van der Waals surface area contributed by atoms with Crippen molar-refractivity contribution in [3.05, 3.63) is 22.8 Å². The van der Waals surface area contributed by atoms with Crippen molar-refractivity contribution < 1.29 is 4.39 Å². The molecule has 0 nitrogen and oxygen atoms in total. The lowest BCUT2D eigenvalue weighted by atomic mass is 9.51. The van der Waals surface area contributed by atoms with Crippen molar-refractivity contribution in [3.8, 4) is 0 Å². The number of allylic oxidation sites excluding steroid dienone is 4. The minimum atomic E-state index is -0.546. The van der Waals surface area contributed by atoms with Crippen molar-refractivity contribution in [1.29, 1.82) is 0 Å². The van der Waals surface area contributed by atoms with Crippen LogP contribution in [0, 0.1) is 34.5 Å². The molecule has 0 radical (unpaired) electrons. The molecule has 0 heterocycles. The predicted molar refractivity (Wildman–Crippen MR) is 118 cm³/mol. The zero-order valence-electron chi connectivity index (χ0n) is 19.1. The van der Waals surface area contributed by atoms with Gasteiger partial charge in [-0.15, -0.1) is 0 Å². The van der Waals surface area contributed by atoms with Gasteiger partial charge in [-0.25, -0.2) is 4.39 Å². The zero-order valence-corrected chi connectivity index (χ0v) is 19.1. The lowest BCUT2D eigenvalue weighted by Crippen LogP contribution is -2.43. The van der Waals surface area contributed by atoms with Gasteiger partial charge in [0.2, 0.25) is 0 Å². The summed E-state index contributed by atoms with van der Waals surface area (Å²) in [5.41, 5.74) is 5.92. The number of hydrogen-bond donors (Lipinski definition) is 0. The molecule has 0 N–H and O–H groups in total. The van der Waals surface area contributed by atoms with Crippen LogP contribution in [0.15, 0.2) is 22.8 Å². The summed E-state index contributed by atoms with van der Waals surface area (Å²) < 4.78 is 14.1. The molecule has 6 atom stereocenters. The Morgan fingerprint density at radius 2 is 1.82 bits per heavy atom. The van der Waals surface area contributed by atoms with Crippen LogP contribution in [-0.2, 0) is 0 Å². The SMILES string of the molecule is CC(C)CCC[C@@H](C)[C@H]1CC=C2C3=C(CC[C@@]21C)[C@@]1(C)CCC(F)CC1CC3. The third kappa shape index (κ3) is 3.33. The summed E-state index contributed by atoms with van der Waals surface area (Å²) in [4.78, 5) is 0. The van der Waals surface area contributed by atoms with Crippen molar-refractivity contribution in [2.24, 2.45) is 34.5 Å². The Morgan fingerprint density at radius 1 is 1.04 bits per heavy atom. The summed E-state index contributed by atoms with van der Waals surface area (Å²) in [6.45, 7) is 12.3. The van der Waals surface area contributed by atoms with E-state index in [1.807, 2.05) is 0 Å². The molecule has 28 heavy (non-hydrogen) atoms. The van der Waals surface area contributed by atoms with E-state index in [0.717, 1.165) is 37.0 Å². The molecule has 4 rings (SSSR count). The van der Waals surface area contributed by atoms with Gasteiger partial charge in [-0.3, -0.25) is 0 Å². The first-order chi connectivity index (χ1) is 13.3. The molecule has 4 aliphatic rings. The Bertz CT molecular complexity index is 655. The number of halogens is 1. The fraction of sp³-hybridized carbons (Fsp3) is 0.852. The van der Waals surface area contributed by atoms with Crippen LogP contribution in [0.3, 0.4) is 0 Å². The minimum Gasteiger partial charge on any atom is -0.247 e. The van der Waals surface area contributed by atoms with Crippen LogP contribution in [0.4, 0.5) is 4.39 Å². The standard InChI is InChI=1S/C27H43F/c1-18(2)7-6-8-19(3)23-11-12-24-22-10-9-20-17-21(28)13-15-26(20,4)25(22)14-16-27(23,24)5/h12,18-21,23H,6-11,13-17H2,1-5H3/t19-,20?,21?,23-,26+,27-/m1/s1. The number of hydrogen-bond acceptors (Lipinski definition) is 0. The molecule has 0 spiro atoms. The first-order valence-corrected chi connectivity index (χ1v) is 12.3. The normalized spacial score (nSPS) is 41.4. The number of fused-ring (bicyclic) bond motifs is 4. The van der Waals surface area contributed by atoms with Crippen molar-refractivity contribution in [1.82, 2.24) is 0 Å². The van der Waals surface area contributed by atoms with E-state index in [4.69, 9.17) is 0 Å². The van der Waals surface area contributed by atoms with Gasteiger partial charge in [-0.2, -0.15) is 0 Å². The largest absolute Gasteiger partial charge is 0.247 e. The van der Waals surface area contributed by atoms with Crippen molar-refractivity contribution >= 4 is 0 Å². The highest BCUT2D eigenvalue weighted by Gasteiger charge is 2.52. The van der Waals surface area contributed by atoms with Crippen molar-refractivity contribution in [2.45, 2.75) is 111 Å². The summed E-state index contributed by atoms with van der Waals surface area (Å²) in [5.74, 6) is 3.08. The molecule has 4 aliphatic carbocycles. The van der Waals surface area contributed by atoms with E-state index < -0.39 is 6.17 Å². The molecule has 0 aromatic heterocycles. The Labute approximate surface area is 173 Å². The maximum Gasteiger partial charge on any atom is 0.100 e. The summed E-state index contributed by atoms with van der Waals surface area (Å²) in [7, 11) is 0. The van der Waals surface area contributed by atoms with Crippen LogP contribution in [0.5, 0.6) is 0 Å². The Morgan fingerprint density at radius 3 is 2.57 bits per heavy atom. The Hall–Kier alpha value is -0.590. The fourth-order valence-electron chi connectivity index (χ4n) is 7.75. The molecule has 0 amide bonds. The first-order valence-electron chi connectivity index (χ1n) is 12.3. The maximum atomic E-state index is 14.1. The molecule has 0 bridgehead atoms. The molecule has 158 valence electrons. The molecule has 0 aromatic carbocycles. The zero-order chi connectivity index (χ0) is 20.1. The third-order valence-electron chi connectivity index (χ3n) is 9.57. The second kappa shape index (κ2) is 7.59. The monoisotopic (exact) mass is 386 g/mol. The van der Waals surface area contributed by atoms with E-state index >= 15 is 0 Å². The Kier molecular flexibility index (Phi) is 5.60. The second-order valence-electron chi connectivity index (χ2n) is 11.7. The third-order valence-corrected chi connectivity index (χ3v) is 9.57. The quantitative estimate of drug-likeness (QED) is 0.444. The maximum absolute atomic E-state index is 14.1. The van der Waals surface area contributed by atoms with Crippen molar-refractivity contribution in [3.63, 3.8) is 0 Å². The molecular formula is C27H43F. The first kappa shape index (κ1) is 20.7. The second-order valence-corrected chi connectivity index (χ2v) is 11.7. The van der Waals surface area contributed by atoms with E-state index in [2.05, 4.69) is 40.7 Å². The van der Waals surface area contributed by atoms with Crippen LogP contribution in [0.1, 0.15) is 105 Å². The lowest BCUT2D eigenvalue weighted by molar-refractivity contribution is 0.0637. The average molecular weight is 387 g/mol. The highest BCUT2D eigenvalue weighted by atomic mass is 19.1. The summed E-state index contributed by atoms with van der Waals surface area (Å²) in [6.07, 6.45) is 15.3.